The van der Waals surface area contributed by atoms with E-state index in [1.807, 2.05) is 0 Å². The van der Waals surface area contributed by atoms with Crippen molar-refractivity contribution in [3.63, 3.8) is 0 Å². The summed E-state index contributed by atoms with van der Waals surface area (Å²) in [6.07, 6.45) is 8.27. The number of aliphatic hydroxyl groups excluding tert-OH is 1. The minimum Gasteiger partial charge on any atom is -0.391 e. The Balaban J connectivity index is 1.70. The maximum atomic E-state index is 10.5. The molecule has 0 aromatic heterocycles. The van der Waals surface area contributed by atoms with Crippen LogP contribution in [0.25, 0.3) is 0 Å². The molecule has 2 nitrogen and oxygen atoms in total. The van der Waals surface area contributed by atoms with Gasteiger partial charge >= 0.3 is 0 Å². The summed E-state index contributed by atoms with van der Waals surface area (Å²) in [4.78, 5) is 2.64. The van der Waals surface area contributed by atoms with E-state index in [0.717, 1.165) is 25.3 Å². The molecule has 0 bridgehead atoms. The smallest absolute Gasteiger partial charge is 0.0695 e. The first kappa shape index (κ1) is 15.1. The van der Waals surface area contributed by atoms with Crippen LogP contribution in [0.3, 0.4) is 0 Å². The normalized spacial score (nSPS) is 29.8. The first-order valence-electron chi connectivity index (χ1n) is 8.78. The maximum absolute atomic E-state index is 10.5. The quantitative estimate of drug-likeness (QED) is 0.856. The Morgan fingerprint density at radius 2 is 1.86 bits per heavy atom. The highest BCUT2D eigenvalue weighted by Crippen LogP contribution is 2.39. The van der Waals surface area contributed by atoms with Gasteiger partial charge in [-0.15, -0.1) is 0 Å². The van der Waals surface area contributed by atoms with Crippen LogP contribution in [0.1, 0.15) is 63.4 Å². The van der Waals surface area contributed by atoms with Crippen molar-refractivity contribution < 1.29 is 5.11 Å². The number of benzene rings is 1. The molecule has 1 aromatic rings. The van der Waals surface area contributed by atoms with Crippen LogP contribution in [-0.4, -0.2) is 34.7 Å². The van der Waals surface area contributed by atoms with Crippen LogP contribution >= 0.6 is 0 Å². The zero-order valence-corrected chi connectivity index (χ0v) is 13.2. The molecule has 2 saturated carbocycles. The third-order valence-corrected chi connectivity index (χ3v) is 5.26. The summed E-state index contributed by atoms with van der Waals surface area (Å²) in [6.45, 7) is 3.43. The molecule has 3 atom stereocenters. The lowest BCUT2D eigenvalue weighted by atomic mass is 9.79. The van der Waals surface area contributed by atoms with Gasteiger partial charge in [0, 0.05) is 12.1 Å². The minimum absolute atomic E-state index is 0.123. The molecule has 1 aromatic carbocycles. The van der Waals surface area contributed by atoms with E-state index in [0.29, 0.717) is 12.0 Å². The number of hydrogen-bond donors (Lipinski definition) is 1. The van der Waals surface area contributed by atoms with Crippen LogP contribution < -0.4 is 0 Å². The fourth-order valence-electron chi connectivity index (χ4n) is 3.88. The number of unbranched alkanes of at least 4 members (excludes halogenated alkanes) is 1. The van der Waals surface area contributed by atoms with Gasteiger partial charge in [0.25, 0.3) is 0 Å². The van der Waals surface area contributed by atoms with E-state index in [2.05, 4.69) is 42.2 Å². The molecule has 2 aliphatic rings. The van der Waals surface area contributed by atoms with Crippen molar-refractivity contribution in [2.45, 2.75) is 76.0 Å². The zero-order chi connectivity index (χ0) is 14.7. The van der Waals surface area contributed by atoms with Crippen molar-refractivity contribution in [2.75, 3.05) is 6.54 Å². The fraction of sp³-hybridized carbons (Fsp3) is 0.684. The lowest BCUT2D eigenvalue weighted by Gasteiger charge is -2.41. The highest BCUT2D eigenvalue weighted by Gasteiger charge is 2.39. The summed E-state index contributed by atoms with van der Waals surface area (Å²) in [5.41, 5.74) is 1.46. The van der Waals surface area contributed by atoms with E-state index in [1.165, 1.54) is 37.8 Å². The van der Waals surface area contributed by atoms with Gasteiger partial charge in [0.15, 0.2) is 0 Å². The molecule has 0 amide bonds. The van der Waals surface area contributed by atoms with E-state index in [9.17, 15) is 5.11 Å². The van der Waals surface area contributed by atoms with Gasteiger partial charge in [-0.2, -0.15) is 0 Å². The minimum atomic E-state index is -0.123. The summed E-state index contributed by atoms with van der Waals surface area (Å²) in [5.74, 6) is 0.627. The maximum Gasteiger partial charge on any atom is 0.0695 e. The van der Waals surface area contributed by atoms with E-state index >= 15 is 0 Å². The van der Waals surface area contributed by atoms with Gasteiger partial charge in [-0.3, -0.25) is 4.90 Å². The first-order valence-corrected chi connectivity index (χ1v) is 8.78. The average Bonchev–Trinajstić information content (AvgIpc) is 3.35. The average molecular weight is 287 g/mol. The molecule has 2 aliphatic carbocycles. The van der Waals surface area contributed by atoms with Gasteiger partial charge in [0.1, 0.15) is 0 Å². The van der Waals surface area contributed by atoms with Crippen molar-refractivity contribution in [1.29, 1.82) is 0 Å². The van der Waals surface area contributed by atoms with Crippen LogP contribution in [0.15, 0.2) is 30.3 Å². The van der Waals surface area contributed by atoms with Crippen molar-refractivity contribution >= 4 is 0 Å². The largest absolute Gasteiger partial charge is 0.391 e. The molecule has 1 N–H and O–H groups in total. The van der Waals surface area contributed by atoms with Crippen molar-refractivity contribution in [1.82, 2.24) is 4.90 Å². The van der Waals surface area contributed by atoms with Gasteiger partial charge in [-0.25, -0.2) is 0 Å². The fourth-order valence-corrected chi connectivity index (χ4v) is 3.88. The highest BCUT2D eigenvalue weighted by atomic mass is 16.3. The van der Waals surface area contributed by atoms with E-state index < -0.39 is 0 Å². The molecular formula is C19H29NO. The lowest BCUT2D eigenvalue weighted by molar-refractivity contribution is 0.00862. The van der Waals surface area contributed by atoms with Crippen LogP contribution in [0.2, 0.25) is 0 Å². The molecular weight excluding hydrogens is 258 g/mol. The van der Waals surface area contributed by atoms with E-state index in [4.69, 9.17) is 0 Å². The molecule has 0 aliphatic heterocycles. The third-order valence-electron chi connectivity index (χ3n) is 5.26. The SMILES string of the molecule is CCCCN(C1CC1)C1CC(c2ccccc2)CCC1O. The molecule has 0 radical (unpaired) electrons. The van der Waals surface area contributed by atoms with E-state index in [1.54, 1.807) is 0 Å². The number of aliphatic hydroxyl groups is 1. The summed E-state index contributed by atoms with van der Waals surface area (Å²) >= 11 is 0. The molecule has 3 rings (SSSR count). The van der Waals surface area contributed by atoms with Gasteiger partial charge in [-0.05, 0) is 56.6 Å². The second-order valence-electron chi connectivity index (χ2n) is 6.88. The number of nitrogens with zero attached hydrogens (tertiary/aromatic N) is 1. The second-order valence-corrected chi connectivity index (χ2v) is 6.88. The predicted octanol–water partition coefficient (Wildman–Crippen LogP) is 3.95. The Labute approximate surface area is 129 Å². The van der Waals surface area contributed by atoms with Gasteiger partial charge in [0.05, 0.1) is 6.10 Å². The van der Waals surface area contributed by atoms with Gasteiger partial charge in [0.2, 0.25) is 0 Å². The molecule has 0 heterocycles. The Hall–Kier alpha value is -0.860. The third kappa shape index (κ3) is 3.67. The Kier molecular flexibility index (Phi) is 4.97. The second kappa shape index (κ2) is 6.93. The molecule has 2 heteroatoms. The summed E-state index contributed by atoms with van der Waals surface area (Å²) < 4.78 is 0. The van der Waals surface area contributed by atoms with E-state index in [-0.39, 0.29) is 6.10 Å². The predicted molar refractivity (Wildman–Crippen MR) is 87.5 cm³/mol. The Bertz CT molecular complexity index is 428. The van der Waals surface area contributed by atoms with Crippen LogP contribution in [-0.2, 0) is 0 Å². The molecule has 116 valence electrons. The van der Waals surface area contributed by atoms with Crippen LogP contribution in [0, 0.1) is 0 Å². The Morgan fingerprint density at radius 3 is 2.52 bits per heavy atom. The zero-order valence-electron chi connectivity index (χ0n) is 13.2. The first-order chi connectivity index (χ1) is 10.3. The lowest BCUT2D eigenvalue weighted by Crippen LogP contribution is -2.48. The van der Waals surface area contributed by atoms with Crippen LogP contribution in [0.4, 0.5) is 0 Å². The van der Waals surface area contributed by atoms with Crippen LogP contribution in [0.5, 0.6) is 0 Å². The highest BCUT2D eigenvalue weighted by molar-refractivity contribution is 5.21. The standard InChI is InChI=1S/C19H29NO/c1-2-3-13-20(17-10-11-17)18-14-16(9-12-19(18)21)15-7-5-4-6-8-15/h4-8,16-19,21H,2-3,9-14H2,1H3. The van der Waals surface area contributed by atoms with Crippen molar-refractivity contribution in [3.8, 4) is 0 Å². The topological polar surface area (TPSA) is 23.5 Å². The van der Waals surface area contributed by atoms with Gasteiger partial charge < -0.3 is 5.11 Å². The summed E-state index contributed by atoms with van der Waals surface area (Å²) in [7, 11) is 0. The molecule has 0 saturated heterocycles. The number of hydrogen-bond acceptors (Lipinski definition) is 2. The monoisotopic (exact) mass is 287 g/mol. The summed E-state index contributed by atoms with van der Waals surface area (Å²) in [5, 5.41) is 10.5. The molecule has 21 heavy (non-hydrogen) atoms. The van der Waals surface area contributed by atoms with Crippen molar-refractivity contribution in [3.05, 3.63) is 35.9 Å². The molecule has 3 unspecified atom stereocenters. The van der Waals surface area contributed by atoms with Crippen molar-refractivity contribution in [2.24, 2.45) is 0 Å². The molecule has 0 spiro atoms. The number of rotatable bonds is 6. The Morgan fingerprint density at radius 1 is 1.10 bits per heavy atom. The van der Waals surface area contributed by atoms with Gasteiger partial charge in [-0.1, -0.05) is 43.7 Å². The summed E-state index contributed by atoms with van der Waals surface area (Å²) in [6, 6.07) is 12.0. The molecule has 2 fully saturated rings.